The van der Waals surface area contributed by atoms with Crippen LogP contribution in [-0.2, 0) is 0 Å². The van der Waals surface area contributed by atoms with Crippen LogP contribution in [0, 0.1) is 5.92 Å². The van der Waals surface area contributed by atoms with Gasteiger partial charge in [-0.25, -0.2) is 0 Å². The molecule has 0 saturated carbocycles. The lowest BCUT2D eigenvalue weighted by molar-refractivity contribution is 0.267. The predicted octanol–water partition coefficient (Wildman–Crippen LogP) is 1.59. The summed E-state index contributed by atoms with van der Waals surface area (Å²) < 4.78 is 0. The molecule has 1 atom stereocenters. The summed E-state index contributed by atoms with van der Waals surface area (Å²) in [6.07, 6.45) is 2.63. The maximum Gasteiger partial charge on any atom is 0.166 e. The highest BCUT2D eigenvalue weighted by molar-refractivity contribution is 7.80. The van der Waals surface area contributed by atoms with Gasteiger partial charge in [-0.3, -0.25) is 4.90 Å². The largest absolute Gasteiger partial charge is 0.362 e. The second kappa shape index (κ2) is 7.07. The average molecular weight is 243 g/mol. The summed E-state index contributed by atoms with van der Waals surface area (Å²) in [5, 5.41) is 7.37. The van der Waals surface area contributed by atoms with Crippen molar-refractivity contribution in [3.63, 3.8) is 0 Å². The topological polar surface area (TPSA) is 27.3 Å². The molecule has 1 heterocycles. The Morgan fingerprint density at radius 1 is 1.44 bits per heavy atom. The Bertz CT molecular complexity index is 218. The van der Waals surface area contributed by atoms with Crippen LogP contribution in [0.3, 0.4) is 0 Å². The molecular formula is C12H25N3S. The van der Waals surface area contributed by atoms with Crippen molar-refractivity contribution in [2.24, 2.45) is 5.92 Å². The number of likely N-dealkylation sites (N-methyl/N-ethyl adjacent to an activating group) is 1. The summed E-state index contributed by atoms with van der Waals surface area (Å²) in [5.41, 5.74) is 0. The van der Waals surface area contributed by atoms with E-state index in [1.807, 2.05) is 0 Å². The Hall–Kier alpha value is -0.350. The highest BCUT2D eigenvalue weighted by atomic mass is 32.1. The van der Waals surface area contributed by atoms with E-state index < -0.39 is 0 Å². The number of hydrogen-bond acceptors (Lipinski definition) is 2. The average Bonchev–Trinajstić information content (AvgIpc) is 2.70. The first-order chi connectivity index (χ1) is 7.63. The minimum Gasteiger partial charge on any atom is -0.362 e. The number of hydrogen-bond donors (Lipinski definition) is 2. The molecule has 3 nitrogen and oxygen atoms in total. The quantitative estimate of drug-likeness (QED) is 0.717. The molecule has 0 aromatic heterocycles. The fraction of sp³-hybridized carbons (Fsp3) is 0.917. The van der Waals surface area contributed by atoms with E-state index in [0.29, 0.717) is 12.0 Å². The molecule has 4 heteroatoms. The van der Waals surface area contributed by atoms with Gasteiger partial charge in [-0.2, -0.15) is 0 Å². The van der Waals surface area contributed by atoms with E-state index in [9.17, 15) is 0 Å². The highest BCUT2D eigenvalue weighted by Gasteiger charge is 2.22. The van der Waals surface area contributed by atoms with E-state index in [4.69, 9.17) is 12.2 Å². The third kappa shape index (κ3) is 4.66. The van der Waals surface area contributed by atoms with E-state index in [-0.39, 0.29) is 0 Å². The van der Waals surface area contributed by atoms with Crippen LogP contribution in [-0.4, -0.2) is 42.2 Å². The van der Waals surface area contributed by atoms with Gasteiger partial charge < -0.3 is 10.6 Å². The molecule has 0 aromatic carbocycles. The number of nitrogens with one attached hydrogen (secondary N) is 2. The van der Waals surface area contributed by atoms with Gasteiger partial charge in [0.1, 0.15) is 0 Å². The first-order valence-electron chi connectivity index (χ1n) is 6.39. The number of likely N-dealkylation sites (tertiary alicyclic amines) is 1. The number of nitrogens with zero attached hydrogens (tertiary/aromatic N) is 1. The van der Waals surface area contributed by atoms with E-state index in [2.05, 4.69) is 36.3 Å². The van der Waals surface area contributed by atoms with Gasteiger partial charge in [0.25, 0.3) is 0 Å². The van der Waals surface area contributed by atoms with Crippen molar-refractivity contribution < 1.29 is 0 Å². The summed E-state index contributed by atoms with van der Waals surface area (Å²) in [6, 6.07) is 0.670. The Labute approximate surface area is 105 Å². The monoisotopic (exact) mass is 243 g/mol. The van der Waals surface area contributed by atoms with Gasteiger partial charge in [-0.05, 0) is 44.1 Å². The van der Waals surface area contributed by atoms with E-state index >= 15 is 0 Å². The van der Waals surface area contributed by atoms with Crippen LogP contribution in [0.15, 0.2) is 0 Å². The molecule has 1 fully saturated rings. The molecule has 0 bridgehead atoms. The molecule has 0 spiro atoms. The van der Waals surface area contributed by atoms with Gasteiger partial charge in [0.15, 0.2) is 5.11 Å². The van der Waals surface area contributed by atoms with Crippen LogP contribution >= 0.6 is 12.2 Å². The van der Waals surface area contributed by atoms with Crippen LogP contribution < -0.4 is 10.6 Å². The smallest absolute Gasteiger partial charge is 0.166 e. The van der Waals surface area contributed by atoms with E-state index in [1.165, 1.54) is 19.4 Å². The maximum atomic E-state index is 5.24. The Morgan fingerprint density at radius 3 is 2.81 bits per heavy atom. The lowest BCUT2D eigenvalue weighted by Crippen LogP contribution is -2.44. The molecule has 1 rings (SSSR count). The Morgan fingerprint density at radius 2 is 2.19 bits per heavy atom. The van der Waals surface area contributed by atoms with Crippen LogP contribution in [0.25, 0.3) is 0 Å². The summed E-state index contributed by atoms with van der Waals surface area (Å²) in [4.78, 5) is 2.53. The lowest BCUT2D eigenvalue weighted by Gasteiger charge is -2.23. The maximum absolute atomic E-state index is 5.24. The number of rotatable bonds is 5. The zero-order valence-electron chi connectivity index (χ0n) is 10.8. The number of thiocarbonyl (C=S) groups is 1. The molecule has 16 heavy (non-hydrogen) atoms. The minimum absolute atomic E-state index is 0.637. The van der Waals surface area contributed by atoms with Crippen LogP contribution in [0.1, 0.15) is 33.6 Å². The Balaban J connectivity index is 2.16. The van der Waals surface area contributed by atoms with Crippen LogP contribution in [0.2, 0.25) is 0 Å². The molecule has 0 radical (unpaired) electrons. The lowest BCUT2D eigenvalue weighted by atomic mass is 10.2. The van der Waals surface area contributed by atoms with Crippen molar-refractivity contribution in [3.05, 3.63) is 0 Å². The standard InChI is InChI=1S/C12H25N3S/c1-4-15-7-5-6-11(15)9-14-12(16)13-8-10(2)3/h10-11H,4-9H2,1-3H3,(H2,13,14,16). The molecule has 0 amide bonds. The van der Waals surface area contributed by atoms with Crippen LogP contribution in [0.5, 0.6) is 0 Å². The van der Waals surface area contributed by atoms with Crippen molar-refractivity contribution >= 4 is 17.3 Å². The van der Waals surface area contributed by atoms with Gasteiger partial charge in [0.05, 0.1) is 0 Å². The van der Waals surface area contributed by atoms with Crippen molar-refractivity contribution in [1.82, 2.24) is 15.5 Å². The van der Waals surface area contributed by atoms with Gasteiger partial charge in [-0.15, -0.1) is 0 Å². The van der Waals surface area contributed by atoms with Crippen molar-refractivity contribution in [2.75, 3.05) is 26.2 Å². The molecule has 0 aliphatic carbocycles. The molecule has 1 aliphatic rings. The molecule has 1 unspecified atom stereocenters. The SMILES string of the molecule is CCN1CCCC1CNC(=S)NCC(C)C. The van der Waals surface area contributed by atoms with Crippen LogP contribution in [0.4, 0.5) is 0 Å². The predicted molar refractivity (Wildman–Crippen MR) is 73.7 cm³/mol. The molecule has 94 valence electrons. The highest BCUT2D eigenvalue weighted by Crippen LogP contribution is 2.15. The first kappa shape index (κ1) is 13.7. The summed E-state index contributed by atoms with van der Waals surface area (Å²) in [7, 11) is 0. The molecule has 1 saturated heterocycles. The second-order valence-electron chi connectivity index (χ2n) is 4.91. The zero-order chi connectivity index (χ0) is 12.0. The molecule has 2 N–H and O–H groups in total. The van der Waals surface area contributed by atoms with Gasteiger partial charge in [0.2, 0.25) is 0 Å². The van der Waals surface area contributed by atoms with E-state index in [1.54, 1.807) is 0 Å². The van der Waals surface area contributed by atoms with Gasteiger partial charge >= 0.3 is 0 Å². The van der Waals surface area contributed by atoms with Crippen molar-refractivity contribution in [2.45, 2.75) is 39.7 Å². The Kier molecular flexibility index (Phi) is 6.06. The fourth-order valence-electron chi connectivity index (χ4n) is 2.11. The normalized spacial score (nSPS) is 21.4. The fourth-order valence-corrected chi connectivity index (χ4v) is 2.28. The van der Waals surface area contributed by atoms with Gasteiger partial charge in [0, 0.05) is 19.1 Å². The summed E-state index contributed by atoms with van der Waals surface area (Å²) in [5.74, 6) is 0.637. The molecular weight excluding hydrogens is 218 g/mol. The summed E-state index contributed by atoms with van der Waals surface area (Å²) in [6.45, 7) is 10.9. The van der Waals surface area contributed by atoms with Gasteiger partial charge in [-0.1, -0.05) is 20.8 Å². The molecule has 1 aliphatic heterocycles. The third-order valence-electron chi connectivity index (χ3n) is 3.07. The van der Waals surface area contributed by atoms with E-state index in [0.717, 1.165) is 24.7 Å². The first-order valence-corrected chi connectivity index (χ1v) is 6.80. The molecule has 0 aromatic rings. The van der Waals surface area contributed by atoms with Crippen molar-refractivity contribution in [3.8, 4) is 0 Å². The van der Waals surface area contributed by atoms with Crippen molar-refractivity contribution in [1.29, 1.82) is 0 Å². The summed E-state index contributed by atoms with van der Waals surface area (Å²) >= 11 is 5.24. The minimum atomic E-state index is 0.637. The second-order valence-corrected chi connectivity index (χ2v) is 5.32. The zero-order valence-corrected chi connectivity index (χ0v) is 11.6. The third-order valence-corrected chi connectivity index (χ3v) is 3.36.